The zero-order valence-corrected chi connectivity index (χ0v) is 6.57. The lowest BCUT2D eigenvalue weighted by molar-refractivity contribution is 0.393. The molecule has 0 saturated heterocycles. The van der Waals surface area contributed by atoms with Gasteiger partial charge in [-0.25, -0.2) is 0 Å². The molecule has 60 valence electrons. The summed E-state index contributed by atoms with van der Waals surface area (Å²) >= 11 is 0. The van der Waals surface area contributed by atoms with Crippen molar-refractivity contribution >= 4 is 14.4 Å². The van der Waals surface area contributed by atoms with Gasteiger partial charge in [0.05, 0.1) is 6.04 Å². The molecule has 2 N–H and O–H groups in total. The summed E-state index contributed by atoms with van der Waals surface area (Å²) in [5.74, 6) is 0. The molecular weight excluding hydrogens is 139 g/mol. The highest BCUT2D eigenvalue weighted by Gasteiger charge is 2.16. The van der Waals surface area contributed by atoms with Gasteiger partial charge in [-0.15, -0.1) is 0 Å². The highest BCUT2D eigenvalue weighted by atomic mass is 16.4. The first kappa shape index (κ1) is 8.59. The molecule has 0 heterocycles. The molecule has 1 aliphatic rings. The van der Waals surface area contributed by atoms with Crippen LogP contribution in [0.25, 0.3) is 0 Å². The number of rotatable bonds is 2. The maximum atomic E-state index is 5.72. The monoisotopic (exact) mass is 152 g/mol. The molecule has 1 saturated carbocycles. The second-order valence-corrected chi connectivity index (χ2v) is 2.96. The predicted octanol–water partition coefficient (Wildman–Crippen LogP) is 0.385. The van der Waals surface area contributed by atoms with Gasteiger partial charge in [-0.3, -0.25) is 4.99 Å². The SMILES string of the molecule is [B]OC=NC1CCC(N)CC1. The van der Waals surface area contributed by atoms with Crippen LogP contribution in [-0.4, -0.2) is 26.5 Å². The fraction of sp³-hybridized carbons (Fsp3) is 0.857. The fourth-order valence-corrected chi connectivity index (χ4v) is 1.37. The minimum Gasteiger partial charge on any atom is -0.560 e. The normalized spacial score (nSPS) is 32.5. The predicted molar refractivity (Wildman–Crippen MR) is 45.6 cm³/mol. The first-order chi connectivity index (χ1) is 5.33. The summed E-state index contributed by atoms with van der Waals surface area (Å²) in [6, 6.07) is 0.749. The van der Waals surface area contributed by atoms with Gasteiger partial charge in [-0.2, -0.15) is 0 Å². The lowest BCUT2D eigenvalue weighted by Crippen LogP contribution is -2.28. The number of aliphatic imine (C=N–C) groups is 1. The summed E-state index contributed by atoms with van der Waals surface area (Å²) in [6.45, 7) is 0. The van der Waals surface area contributed by atoms with E-state index in [2.05, 4.69) is 9.65 Å². The van der Waals surface area contributed by atoms with E-state index in [4.69, 9.17) is 13.8 Å². The van der Waals surface area contributed by atoms with Crippen molar-refractivity contribution in [2.45, 2.75) is 37.8 Å². The molecule has 0 aromatic carbocycles. The largest absolute Gasteiger partial charge is 0.560 e. The van der Waals surface area contributed by atoms with Crippen molar-refractivity contribution in [1.29, 1.82) is 0 Å². The summed E-state index contributed by atoms with van der Waals surface area (Å²) < 4.78 is 4.25. The molecule has 0 spiro atoms. The van der Waals surface area contributed by atoms with Crippen molar-refractivity contribution in [3.8, 4) is 0 Å². The maximum absolute atomic E-state index is 5.72. The Balaban J connectivity index is 2.22. The van der Waals surface area contributed by atoms with Crippen LogP contribution < -0.4 is 5.73 Å². The topological polar surface area (TPSA) is 47.6 Å². The molecule has 2 radical (unpaired) electrons. The average Bonchev–Trinajstić information content (AvgIpc) is 2.04. The van der Waals surface area contributed by atoms with Crippen molar-refractivity contribution in [1.82, 2.24) is 0 Å². The van der Waals surface area contributed by atoms with Crippen molar-refractivity contribution in [2.75, 3.05) is 0 Å². The lowest BCUT2D eigenvalue weighted by atomic mass is 9.92. The molecular formula is C7H13BN2O. The van der Waals surface area contributed by atoms with Crippen molar-refractivity contribution in [3.05, 3.63) is 0 Å². The molecule has 3 nitrogen and oxygen atoms in total. The van der Waals surface area contributed by atoms with Gasteiger partial charge in [0.2, 0.25) is 0 Å². The van der Waals surface area contributed by atoms with E-state index < -0.39 is 0 Å². The molecule has 0 amide bonds. The molecule has 1 aliphatic carbocycles. The third-order valence-electron chi connectivity index (χ3n) is 2.07. The smallest absolute Gasteiger partial charge is 0.375 e. The van der Waals surface area contributed by atoms with Crippen LogP contribution in [0.5, 0.6) is 0 Å². The lowest BCUT2D eigenvalue weighted by Gasteiger charge is -2.22. The Morgan fingerprint density at radius 2 is 2.00 bits per heavy atom. The van der Waals surface area contributed by atoms with E-state index in [1.54, 1.807) is 0 Å². The van der Waals surface area contributed by atoms with Crippen LogP contribution in [0.1, 0.15) is 25.7 Å². The molecule has 0 aliphatic heterocycles. The third-order valence-corrected chi connectivity index (χ3v) is 2.07. The van der Waals surface area contributed by atoms with Crippen molar-refractivity contribution < 1.29 is 4.65 Å². The maximum Gasteiger partial charge on any atom is 0.375 e. The second-order valence-electron chi connectivity index (χ2n) is 2.96. The molecule has 0 atom stereocenters. The number of hydrogen-bond acceptors (Lipinski definition) is 3. The van der Waals surface area contributed by atoms with Gasteiger partial charge in [-0.05, 0) is 25.7 Å². The molecule has 0 aromatic heterocycles. The van der Waals surface area contributed by atoms with E-state index in [-0.39, 0.29) is 0 Å². The van der Waals surface area contributed by atoms with Gasteiger partial charge in [0.1, 0.15) is 0 Å². The van der Waals surface area contributed by atoms with Crippen LogP contribution in [0.3, 0.4) is 0 Å². The first-order valence-electron chi connectivity index (χ1n) is 3.95. The van der Waals surface area contributed by atoms with Crippen LogP contribution in [0.2, 0.25) is 0 Å². The number of nitrogens with two attached hydrogens (primary N) is 1. The van der Waals surface area contributed by atoms with Crippen molar-refractivity contribution in [3.63, 3.8) is 0 Å². The highest BCUT2D eigenvalue weighted by Crippen LogP contribution is 2.19. The van der Waals surface area contributed by atoms with E-state index in [1.165, 1.54) is 6.40 Å². The van der Waals surface area contributed by atoms with Gasteiger partial charge >= 0.3 is 8.05 Å². The first-order valence-corrected chi connectivity index (χ1v) is 3.95. The van der Waals surface area contributed by atoms with E-state index in [0.29, 0.717) is 12.1 Å². The molecule has 1 fully saturated rings. The molecule has 0 bridgehead atoms. The Labute approximate surface area is 68.5 Å². The standard InChI is InChI=1S/C7H13BN2O/c8-11-5-10-7-3-1-6(9)2-4-7/h5-7H,1-4,9H2. The third kappa shape index (κ3) is 2.93. The summed E-state index contributed by atoms with van der Waals surface area (Å²) in [5, 5.41) is 0. The van der Waals surface area contributed by atoms with Crippen molar-refractivity contribution in [2.24, 2.45) is 10.7 Å². The van der Waals surface area contributed by atoms with Crippen LogP contribution in [-0.2, 0) is 4.65 Å². The molecule has 4 heteroatoms. The minimum atomic E-state index is 0.373. The van der Waals surface area contributed by atoms with Gasteiger partial charge < -0.3 is 10.4 Å². The van der Waals surface area contributed by atoms with Gasteiger partial charge in [0, 0.05) is 6.04 Å². The minimum absolute atomic E-state index is 0.373. The highest BCUT2D eigenvalue weighted by molar-refractivity contribution is 6.02. The molecule has 11 heavy (non-hydrogen) atoms. The average molecular weight is 152 g/mol. The summed E-state index contributed by atoms with van der Waals surface area (Å²) in [6.07, 6.45) is 5.54. The van der Waals surface area contributed by atoms with Crippen LogP contribution >= 0.6 is 0 Å². The van der Waals surface area contributed by atoms with Crippen LogP contribution in [0.15, 0.2) is 4.99 Å². The number of nitrogens with zero attached hydrogens (tertiary/aromatic N) is 1. The Morgan fingerprint density at radius 3 is 2.55 bits per heavy atom. The fourth-order valence-electron chi connectivity index (χ4n) is 1.37. The molecule has 0 aromatic rings. The Kier molecular flexibility index (Phi) is 3.43. The van der Waals surface area contributed by atoms with E-state index >= 15 is 0 Å². The summed E-state index contributed by atoms with van der Waals surface area (Å²) in [4.78, 5) is 4.11. The quantitative estimate of drug-likeness (QED) is 0.353. The van der Waals surface area contributed by atoms with Gasteiger partial charge in [0.15, 0.2) is 6.40 Å². The van der Waals surface area contributed by atoms with Crippen LogP contribution in [0.4, 0.5) is 0 Å². The second kappa shape index (κ2) is 4.39. The molecule has 0 unspecified atom stereocenters. The Hall–Kier alpha value is -0.505. The molecule has 1 rings (SSSR count). The zero-order chi connectivity index (χ0) is 8.10. The van der Waals surface area contributed by atoms with Gasteiger partial charge in [-0.1, -0.05) is 0 Å². The van der Waals surface area contributed by atoms with E-state index in [1.807, 2.05) is 0 Å². The van der Waals surface area contributed by atoms with Crippen LogP contribution in [0, 0.1) is 0 Å². The zero-order valence-electron chi connectivity index (χ0n) is 6.57. The van der Waals surface area contributed by atoms with Gasteiger partial charge in [0.25, 0.3) is 0 Å². The van der Waals surface area contributed by atoms with E-state index in [0.717, 1.165) is 25.7 Å². The Morgan fingerprint density at radius 1 is 1.36 bits per heavy atom. The summed E-state index contributed by atoms with van der Waals surface area (Å²) in [7, 11) is 4.80. The number of hydrogen-bond donors (Lipinski definition) is 1. The van der Waals surface area contributed by atoms with E-state index in [9.17, 15) is 0 Å². The Bertz CT molecular complexity index is 132. The summed E-state index contributed by atoms with van der Waals surface area (Å²) in [5.41, 5.74) is 5.72.